The van der Waals surface area contributed by atoms with Crippen molar-refractivity contribution < 1.29 is 23.0 Å². The van der Waals surface area contributed by atoms with Crippen LogP contribution >= 0.6 is 24.0 Å². The SMILES string of the molecule is CCN(CC)C(=O)c1ccc(CNC(=NC)NCc2cc(OC)ccc2OC(F)F)cc1.I. The van der Waals surface area contributed by atoms with Gasteiger partial charge in [0.2, 0.25) is 0 Å². The fourth-order valence-corrected chi connectivity index (χ4v) is 3.08. The maximum atomic E-state index is 12.7. The third-order valence-electron chi connectivity index (χ3n) is 4.87. The number of nitrogens with zero attached hydrogens (tertiary/aromatic N) is 2. The topological polar surface area (TPSA) is 75.2 Å². The molecule has 0 aromatic heterocycles. The van der Waals surface area contributed by atoms with Crippen LogP contribution in [0.25, 0.3) is 0 Å². The normalized spacial score (nSPS) is 10.9. The lowest BCUT2D eigenvalue weighted by Gasteiger charge is -2.18. The molecule has 0 heterocycles. The Balaban J connectivity index is 0.00000544. The maximum Gasteiger partial charge on any atom is 0.387 e. The summed E-state index contributed by atoms with van der Waals surface area (Å²) in [7, 11) is 3.12. The van der Waals surface area contributed by atoms with E-state index in [9.17, 15) is 13.6 Å². The summed E-state index contributed by atoms with van der Waals surface area (Å²) in [6.45, 7) is 2.99. The first-order chi connectivity index (χ1) is 15.4. The van der Waals surface area contributed by atoms with Crippen LogP contribution in [0.1, 0.15) is 35.3 Å². The van der Waals surface area contributed by atoms with Gasteiger partial charge in [-0.1, -0.05) is 12.1 Å². The molecule has 0 aliphatic heterocycles. The Morgan fingerprint density at radius 2 is 1.70 bits per heavy atom. The van der Waals surface area contributed by atoms with E-state index in [4.69, 9.17) is 4.74 Å². The lowest BCUT2D eigenvalue weighted by molar-refractivity contribution is -0.0505. The molecule has 0 atom stereocenters. The number of halogens is 3. The highest BCUT2D eigenvalue weighted by molar-refractivity contribution is 14.0. The predicted molar refractivity (Wildman–Crippen MR) is 136 cm³/mol. The minimum Gasteiger partial charge on any atom is -0.497 e. The van der Waals surface area contributed by atoms with Crippen LogP contribution < -0.4 is 20.1 Å². The summed E-state index contributed by atoms with van der Waals surface area (Å²) in [5, 5.41) is 6.24. The van der Waals surface area contributed by atoms with Gasteiger partial charge in [0, 0.05) is 44.4 Å². The summed E-state index contributed by atoms with van der Waals surface area (Å²) < 4.78 is 35.1. The van der Waals surface area contributed by atoms with Crippen LogP contribution in [-0.4, -0.2) is 50.6 Å². The number of amides is 1. The highest BCUT2D eigenvalue weighted by atomic mass is 127. The number of ether oxygens (including phenoxy) is 2. The molecule has 0 saturated heterocycles. The Morgan fingerprint density at radius 1 is 1.06 bits per heavy atom. The largest absolute Gasteiger partial charge is 0.497 e. The van der Waals surface area contributed by atoms with Gasteiger partial charge in [-0.25, -0.2) is 0 Å². The molecule has 2 aromatic carbocycles. The predicted octanol–water partition coefficient (Wildman–Crippen LogP) is 4.26. The lowest BCUT2D eigenvalue weighted by Crippen LogP contribution is -2.36. The molecule has 7 nitrogen and oxygen atoms in total. The Kier molecular flexibility index (Phi) is 12.5. The minimum absolute atomic E-state index is 0. The van der Waals surface area contributed by atoms with E-state index in [1.807, 2.05) is 26.0 Å². The molecule has 0 aliphatic carbocycles. The van der Waals surface area contributed by atoms with Gasteiger partial charge in [0.05, 0.1) is 7.11 Å². The summed E-state index contributed by atoms with van der Waals surface area (Å²) in [4.78, 5) is 18.3. The number of carbonyl (C=O) groups is 1. The molecule has 0 aliphatic rings. The van der Waals surface area contributed by atoms with Crippen LogP contribution in [0.4, 0.5) is 8.78 Å². The van der Waals surface area contributed by atoms with Crippen molar-refractivity contribution >= 4 is 35.8 Å². The van der Waals surface area contributed by atoms with Crippen molar-refractivity contribution in [2.45, 2.75) is 33.5 Å². The van der Waals surface area contributed by atoms with E-state index in [2.05, 4.69) is 20.4 Å². The Labute approximate surface area is 210 Å². The van der Waals surface area contributed by atoms with E-state index in [-0.39, 0.29) is 42.2 Å². The minimum atomic E-state index is -2.92. The van der Waals surface area contributed by atoms with Crippen molar-refractivity contribution in [1.29, 1.82) is 0 Å². The number of methoxy groups -OCH3 is 1. The van der Waals surface area contributed by atoms with Gasteiger partial charge in [0.1, 0.15) is 11.5 Å². The van der Waals surface area contributed by atoms with Crippen LogP contribution in [0, 0.1) is 0 Å². The first-order valence-corrected chi connectivity index (χ1v) is 10.4. The van der Waals surface area contributed by atoms with Gasteiger partial charge in [-0.3, -0.25) is 9.79 Å². The summed E-state index contributed by atoms with van der Waals surface area (Å²) >= 11 is 0. The molecule has 10 heteroatoms. The molecule has 0 saturated carbocycles. The van der Waals surface area contributed by atoms with Crippen molar-refractivity contribution in [3.8, 4) is 11.5 Å². The van der Waals surface area contributed by atoms with E-state index in [1.54, 1.807) is 36.2 Å². The van der Waals surface area contributed by atoms with Gasteiger partial charge >= 0.3 is 6.61 Å². The number of hydrogen-bond acceptors (Lipinski definition) is 4. The molecule has 33 heavy (non-hydrogen) atoms. The van der Waals surface area contributed by atoms with Gasteiger partial charge < -0.3 is 25.0 Å². The zero-order valence-corrected chi connectivity index (χ0v) is 21.6. The van der Waals surface area contributed by atoms with E-state index in [0.717, 1.165) is 5.56 Å². The smallest absolute Gasteiger partial charge is 0.387 e. The first kappa shape index (κ1) is 28.4. The van der Waals surface area contributed by atoms with Crippen LogP contribution in [-0.2, 0) is 13.1 Å². The number of rotatable bonds is 10. The van der Waals surface area contributed by atoms with E-state index in [0.29, 0.717) is 42.5 Å². The second-order valence-corrected chi connectivity index (χ2v) is 6.81. The molecule has 0 bridgehead atoms. The van der Waals surface area contributed by atoms with E-state index >= 15 is 0 Å². The molecule has 0 fully saturated rings. The van der Waals surface area contributed by atoms with E-state index in [1.165, 1.54) is 13.2 Å². The Hall–Kier alpha value is -2.63. The molecule has 1 amide bonds. The maximum absolute atomic E-state index is 12.7. The molecule has 2 N–H and O–H groups in total. The third kappa shape index (κ3) is 8.67. The number of alkyl halides is 2. The summed E-state index contributed by atoms with van der Waals surface area (Å²) in [5.41, 5.74) is 2.11. The number of aliphatic imine (C=N–C) groups is 1. The Bertz CT molecular complexity index is 907. The summed E-state index contributed by atoms with van der Waals surface area (Å²) in [5.74, 6) is 1.09. The second kappa shape index (κ2) is 14.5. The highest BCUT2D eigenvalue weighted by Crippen LogP contribution is 2.25. The zero-order chi connectivity index (χ0) is 23.5. The number of carbonyl (C=O) groups excluding carboxylic acids is 1. The molecule has 2 rings (SSSR count). The van der Waals surface area contributed by atoms with Crippen molar-refractivity contribution in [1.82, 2.24) is 15.5 Å². The van der Waals surface area contributed by atoms with Crippen molar-refractivity contribution in [3.63, 3.8) is 0 Å². The molecular weight excluding hydrogens is 545 g/mol. The van der Waals surface area contributed by atoms with Crippen LogP contribution in [0.3, 0.4) is 0 Å². The van der Waals surface area contributed by atoms with Crippen molar-refractivity contribution in [2.24, 2.45) is 4.99 Å². The summed E-state index contributed by atoms with van der Waals surface area (Å²) in [6.07, 6.45) is 0. The van der Waals surface area contributed by atoms with Gasteiger partial charge in [0.25, 0.3) is 5.91 Å². The van der Waals surface area contributed by atoms with Crippen LogP contribution in [0.15, 0.2) is 47.5 Å². The fourth-order valence-electron chi connectivity index (χ4n) is 3.08. The molecule has 0 spiro atoms. The zero-order valence-electron chi connectivity index (χ0n) is 19.2. The second-order valence-electron chi connectivity index (χ2n) is 6.81. The van der Waals surface area contributed by atoms with Gasteiger partial charge in [-0.2, -0.15) is 8.78 Å². The molecular formula is C23H31F2IN4O3. The number of guanidine groups is 1. The van der Waals surface area contributed by atoms with Gasteiger partial charge in [0.15, 0.2) is 5.96 Å². The lowest BCUT2D eigenvalue weighted by atomic mass is 10.1. The number of nitrogens with one attached hydrogen (secondary N) is 2. The third-order valence-corrected chi connectivity index (χ3v) is 4.87. The number of benzene rings is 2. The average molecular weight is 576 g/mol. The quantitative estimate of drug-likeness (QED) is 0.251. The van der Waals surface area contributed by atoms with Crippen LogP contribution in [0.2, 0.25) is 0 Å². The number of hydrogen-bond donors (Lipinski definition) is 2. The van der Waals surface area contributed by atoms with Gasteiger partial charge in [-0.15, -0.1) is 24.0 Å². The fraction of sp³-hybridized carbons (Fsp3) is 0.391. The van der Waals surface area contributed by atoms with E-state index < -0.39 is 6.61 Å². The molecule has 182 valence electrons. The van der Waals surface area contributed by atoms with Crippen molar-refractivity contribution in [2.75, 3.05) is 27.2 Å². The molecule has 0 unspecified atom stereocenters. The van der Waals surface area contributed by atoms with Crippen molar-refractivity contribution in [3.05, 3.63) is 59.2 Å². The monoisotopic (exact) mass is 576 g/mol. The van der Waals surface area contributed by atoms with Gasteiger partial charge in [-0.05, 0) is 49.7 Å². The average Bonchev–Trinajstić information content (AvgIpc) is 2.80. The standard InChI is InChI=1S/C23H30F2N4O3.HI/c1-5-29(6-2)21(30)17-9-7-16(8-10-17)14-27-23(26-3)28-15-18-13-19(31-4)11-12-20(18)32-22(24)25;/h7-13,22H,5-6,14-15H2,1-4H3,(H2,26,27,28);1H. The summed E-state index contributed by atoms with van der Waals surface area (Å²) in [6, 6.07) is 12.0. The molecule has 2 aromatic rings. The molecule has 0 radical (unpaired) electrons. The first-order valence-electron chi connectivity index (χ1n) is 10.4. The van der Waals surface area contributed by atoms with Crippen LogP contribution in [0.5, 0.6) is 11.5 Å². The Morgan fingerprint density at radius 3 is 2.24 bits per heavy atom. The highest BCUT2D eigenvalue weighted by Gasteiger charge is 2.13.